The van der Waals surface area contributed by atoms with Crippen LogP contribution in [-0.2, 0) is 4.79 Å². The number of rotatable bonds is 2. The molecular formula is C14H17Cl2N3O. The highest BCUT2D eigenvalue weighted by Gasteiger charge is 2.32. The van der Waals surface area contributed by atoms with Crippen molar-refractivity contribution in [3.05, 3.63) is 28.2 Å². The number of para-hydroxylation sites is 1. The number of hydrogen-bond donors (Lipinski definition) is 1. The van der Waals surface area contributed by atoms with Gasteiger partial charge in [-0.25, -0.2) is 0 Å². The molecule has 0 spiro atoms. The SMILES string of the molecule is O=C1NCC[C@@H]1N1CCN(c2c(Cl)cccc2Cl)CC1. The minimum Gasteiger partial charge on any atom is -0.367 e. The van der Waals surface area contributed by atoms with Gasteiger partial charge in [0.2, 0.25) is 5.91 Å². The molecule has 0 bridgehead atoms. The minimum absolute atomic E-state index is 0.0406. The van der Waals surface area contributed by atoms with Gasteiger partial charge in [-0.15, -0.1) is 0 Å². The second-order valence-corrected chi connectivity index (χ2v) is 6.00. The third-order valence-electron chi connectivity index (χ3n) is 4.03. The van der Waals surface area contributed by atoms with Gasteiger partial charge in [0.1, 0.15) is 0 Å². The van der Waals surface area contributed by atoms with E-state index in [2.05, 4.69) is 15.1 Å². The Morgan fingerprint density at radius 3 is 2.30 bits per heavy atom. The first-order valence-corrected chi connectivity index (χ1v) is 7.63. The summed E-state index contributed by atoms with van der Waals surface area (Å²) in [5.41, 5.74) is 0.909. The molecule has 20 heavy (non-hydrogen) atoms. The Morgan fingerprint density at radius 1 is 1.10 bits per heavy atom. The molecule has 2 aliphatic rings. The van der Waals surface area contributed by atoms with E-state index in [-0.39, 0.29) is 11.9 Å². The Morgan fingerprint density at radius 2 is 1.75 bits per heavy atom. The average Bonchev–Trinajstić information content (AvgIpc) is 2.86. The molecule has 6 heteroatoms. The fourth-order valence-corrected chi connectivity index (χ4v) is 3.61. The van der Waals surface area contributed by atoms with Crippen LogP contribution in [0.5, 0.6) is 0 Å². The van der Waals surface area contributed by atoms with Gasteiger partial charge in [-0.2, -0.15) is 0 Å². The molecule has 0 aromatic heterocycles. The highest BCUT2D eigenvalue weighted by molar-refractivity contribution is 6.39. The third kappa shape index (κ3) is 2.60. The van der Waals surface area contributed by atoms with Crippen molar-refractivity contribution in [3.63, 3.8) is 0 Å². The fourth-order valence-electron chi connectivity index (χ4n) is 2.98. The lowest BCUT2D eigenvalue weighted by Crippen LogP contribution is -2.52. The zero-order chi connectivity index (χ0) is 14.1. The number of carbonyl (C=O) groups excluding carboxylic acids is 1. The number of benzene rings is 1. The molecule has 1 N–H and O–H groups in total. The summed E-state index contributed by atoms with van der Waals surface area (Å²) in [6, 6.07) is 5.62. The molecule has 2 saturated heterocycles. The van der Waals surface area contributed by atoms with Crippen LogP contribution in [0, 0.1) is 0 Å². The Bertz CT molecular complexity index is 495. The van der Waals surface area contributed by atoms with Crippen molar-refractivity contribution >= 4 is 34.8 Å². The Hall–Kier alpha value is -0.970. The number of nitrogens with one attached hydrogen (secondary N) is 1. The standard InChI is InChI=1S/C14H17Cl2N3O/c15-10-2-1-3-11(16)13(10)19-8-6-18(7-9-19)12-4-5-17-14(12)20/h1-3,12H,4-9H2,(H,17,20)/t12-/m0/s1. The van der Waals surface area contributed by atoms with Crippen molar-refractivity contribution in [3.8, 4) is 0 Å². The molecule has 3 rings (SSSR count). The molecule has 0 aliphatic carbocycles. The molecule has 1 aromatic carbocycles. The van der Waals surface area contributed by atoms with Crippen LogP contribution < -0.4 is 10.2 Å². The summed E-state index contributed by atoms with van der Waals surface area (Å²) in [5.74, 6) is 0.161. The zero-order valence-corrected chi connectivity index (χ0v) is 12.6. The number of hydrogen-bond acceptors (Lipinski definition) is 3. The quantitative estimate of drug-likeness (QED) is 0.907. The van der Waals surface area contributed by atoms with E-state index in [4.69, 9.17) is 23.2 Å². The fraction of sp³-hybridized carbons (Fsp3) is 0.500. The molecule has 0 saturated carbocycles. The topological polar surface area (TPSA) is 35.6 Å². The van der Waals surface area contributed by atoms with Crippen molar-refractivity contribution in [1.29, 1.82) is 0 Å². The van der Waals surface area contributed by atoms with Crippen molar-refractivity contribution < 1.29 is 4.79 Å². The molecule has 2 heterocycles. The van der Waals surface area contributed by atoms with Crippen LogP contribution in [0.25, 0.3) is 0 Å². The maximum absolute atomic E-state index is 11.7. The zero-order valence-electron chi connectivity index (χ0n) is 11.1. The second-order valence-electron chi connectivity index (χ2n) is 5.19. The van der Waals surface area contributed by atoms with E-state index in [0.717, 1.165) is 44.8 Å². The average molecular weight is 314 g/mol. The Kier molecular flexibility index (Phi) is 4.06. The second kappa shape index (κ2) is 5.80. The van der Waals surface area contributed by atoms with Gasteiger partial charge in [0.15, 0.2) is 0 Å². The molecule has 1 atom stereocenters. The summed E-state index contributed by atoms with van der Waals surface area (Å²) in [5, 5.41) is 4.26. The summed E-state index contributed by atoms with van der Waals surface area (Å²) in [6.07, 6.45) is 0.908. The van der Waals surface area contributed by atoms with E-state index >= 15 is 0 Å². The highest BCUT2D eigenvalue weighted by atomic mass is 35.5. The van der Waals surface area contributed by atoms with Gasteiger partial charge in [-0.05, 0) is 18.6 Å². The van der Waals surface area contributed by atoms with Gasteiger partial charge in [0, 0.05) is 32.7 Å². The van der Waals surface area contributed by atoms with Crippen LogP contribution in [-0.4, -0.2) is 49.6 Å². The summed E-state index contributed by atoms with van der Waals surface area (Å²) >= 11 is 12.5. The predicted octanol–water partition coefficient (Wildman–Crippen LogP) is 2.00. The number of amides is 1. The highest BCUT2D eigenvalue weighted by Crippen LogP contribution is 2.34. The van der Waals surface area contributed by atoms with E-state index in [9.17, 15) is 4.79 Å². The molecule has 0 unspecified atom stereocenters. The Balaban J connectivity index is 1.68. The van der Waals surface area contributed by atoms with E-state index < -0.39 is 0 Å². The first-order chi connectivity index (χ1) is 9.66. The third-order valence-corrected chi connectivity index (χ3v) is 4.64. The van der Waals surface area contributed by atoms with Crippen LogP contribution >= 0.6 is 23.2 Å². The molecule has 2 fully saturated rings. The van der Waals surface area contributed by atoms with E-state index in [0.29, 0.717) is 10.0 Å². The lowest BCUT2D eigenvalue weighted by molar-refractivity contribution is -0.123. The lowest BCUT2D eigenvalue weighted by Gasteiger charge is -2.38. The van der Waals surface area contributed by atoms with Crippen LogP contribution in [0.1, 0.15) is 6.42 Å². The molecular weight excluding hydrogens is 297 g/mol. The molecule has 108 valence electrons. The smallest absolute Gasteiger partial charge is 0.237 e. The number of anilines is 1. The number of piperazine rings is 1. The first-order valence-electron chi connectivity index (χ1n) is 6.87. The summed E-state index contributed by atoms with van der Waals surface area (Å²) in [4.78, 5) is 16.2. The van der Waals surface area contributed by atoms with Crippen LogP contribution in [0.2, 0.25) is 10.0 Å². The molecule has 4 nitrogen and oxygen atoms in total. The number of nitrogens with zero attached hydrogens (tertiary/aromatic N) is 2. The van der Waals surface area contributed by atoms with Gasteiger partial charge in [-0.1, -0.05) is 29.3 Å². The van der Waals surface area contributed by atoms with Gasteiger partial charge >= 0.3 is 0 Å². The largest absolute Gasteiger partial charge is 0.367 e. The number of halogens is 2. The van der Waals surface area contributed by atoms with Crippen LogP contribution in [0.3, 0.4) is 0 Å². The van der Waals surface area contributed by atoms with Crippen LogP contribution in [0.4, 0.5) is 5.69 Å². The summed E-state index contributed by atoms with van der Waals surface area (Å²) < 4.78 is 0. The van der Waals surface area contributed by atoms with E-state index in [1.54, 1.807) is 0 Å². The molecule has 0 radical (unpaired) electrons. The predicted molar refractivity (Wildman–Crippen MR) is 81.7 cm³/mol. The molecule has 1 amide bonds. The van der Waals surface area contributed by atoms with Gasteiger partial charge in [-0.3, -0.25) is 9.69 Å². The van der Waals surface area contributed by atoms with Crippen LogP contribution in [0.15, 0.2) is 18.2 Å². The van der Waals surface area contributed by atoms with Crippen molar-refractivity contribution in [2.24, 2.45) is 0 Å². The van der Waals surface area contributed by atoms with Crippen molar-refractivity contribution in [2.75, 3.05) is 37.6 Å². The van der Waals surface area contributed by atoms with Gasteiger partial charge in [0.25, 0.3) is 0 Å². The van der Waals surface area contributed by atoms with Gasteiger partial charge in [0.05, 0.1) is 21.8 Å². The number of carbonyl (C=O) groups is 1. The first kappa shape index (κ1) is 14.0. The monoisotopic (exact) mass is 313 g/mol. The summed E-state index contributed by atoms with van der Waals surface area (Å²) in [6.45, 7) is 4.19. The van der Waals surface area contributed by atoms with Crippen molar-refractivity contribution in [2.45, 2.75) is 12.5 Å². The molecule has 1 aromatic rings. The normalized spacial score (nSPS) is 24.0. The van der Waals surface area contributed by atoms with E-state index in [1.807, 2.05) is 18.2 Å². The lowest BCUT2D eigenvalue weighted by atomic mass is 10.1. The maximum atomic E-state index is 11.7. The van der Waals surface area contributed by atoms with Crippen molar-refractivity contribution in [1.82, 2.24) is 10.2 Å². The Labute approximate surface area is 128 Å². The molecule has 2 aliphatic heterocycles. The minimum atomic E-state index is 0.0406. The summed E-state index contributed by atoms with van der Waals surface area (Å²) in [7, 11) is 0. The van der Waals surface area contributed by atoms with Gasteiger partial charge < -0.3 is 10.2 Å². The maximum Gasteiger partial charge on any atom is 0.237 e. The van der Waals surface area contributed by atoms with E-state index in [1.165, 1.54) is 0 Å².